The second kappa shape index (κ2) is 5.61. The second-order valence-electron chi connectivity index (χ2n) is 4.58. The van der Waals surface area contributed by atoms with Crippen molar-refractivity contribution in [1.82, 2.24) is 15.5 Å². The van der Waals surface area contributed by atoms with Crippen molar-refractivity contribution in [3.8, 4) is 11.5 Å². The number of benzene rings is 1. The molecule has 19 heavy (non-hydrogen) atoms. The Morgan fingerprint density at radius 3 is 2.89 bits per heavy atom. The van der Waals surface area contributed by atoms with Crippen LogP contribution >= 0.6 is 27.5 Å². The molecule has 1 aliphatic rings. The molecule has 3 rings (SSSR count). The van der Waals surface area contributed by atoms with Gasteiger partial charge in [0.2, 0.25) is 0 Å². The Hall–Kier alpha value is -0.910. The molecule has 1 fully saturated rings. The summed E-state index contributed by atoms with van der Waals surface area (Å²) in [5.74, 6) is 1.65. The Labute approximate surface area is 124 Å². The monoisotopic (exact) mass is 341 g/mol. The van der Waals surface area contributed by atoms with Crippen LogP contribution in [0.25, 0.3) is 11.5 Å². The minimum absolute atomic E-state index is 0.379. The Morgan fingerprint density at radius 2 is 2.11 bits per heavy atom. The predicted molar refractivity (Wildman–Crippen MR) is 77.3 cm³/mol. The Morgan fingerprint density at radius 1 is 1.32 bits per heavy atom. The van der Waals surface area contributed by atoms with E-state index in [0.29, 0.717) is 16.8 Å². The van der Waals surface area contributed by atoms with Crippen LogP contribution in [-0.2, 0) is 0 Å². The molecule has 2 heterocycles. The van der Waals surface area contributed by atoms with E-state index >= 15 is 0 Å². The molecule has 0 atom stereocenters. The number of nitrogens with zero attached hydrogens (tertiary/aromatic N) is 2. The number of halogens is 2. The molecule has 0 unspecified atom stereocenters. The SMILES string of the molecule is Clc1c(Br)cccc1-c1nc(C2CCNCC2)no1. The molecule has 1 aliphatic heterocycles. The maximum absolute atomic E-state index is 6.24. The summed E-state index contributed by atoms with van der Waals surface area (Å²) in [6.07, 6.45) is 2.09. The van der Waals surface area contributed by atoms with Crippen molar-refractivity contribution in [2.45, 2.75) is 18.8 Å². The number of piperidine rings is 1. The van der Waals surface area contributed by atoms with Gasteiger partial charge < -0.3 is 9.84 Å². The first-order valence-corrected chi connectivity index (χ1v) is 7.41. The smallest absolute Gasteiger partial charge is 0.259 e. The van der Waals surface area contributed by atoms with Crippen molar-refractivity contribution < 1.29 is 4.52 Å². The van der Waals surface area contributed by atoms with Gasteiger partial charge in [-0.15, -0.1) is 0 Å². The largest absolute Gasteiger partial charge is 0.334 e. The first kappa shape index (κ1) is 13.1. The zero-order valence-electron chi connectivity index (χ0n) is 10.2. The lowest BCUT2D eigenvalue weighted by Gasteiger charge is -2.18. The lowest BCUT2D eigenvalue weighted by Crippen LogP contribution is -2.27. The number of hydrogen-bond acceptors (Lipinski definition) is 4. The van der Waals surface area contributed by atoms with Gasteiger partial charge in [-0.25, -0.2) is 0 Å². The topological polar surface area (TPSA) is 51.0 Å². The highest BCUT2D eigenvalue weighted by atomic mass is 79.9. The third kappa shape index (κ3) is 2.68. The number of rotatable bonds is 2. The van der Waals surface area contributed by atoms with Gasteiger partial charge in [-0.2, -0.15) is 4.98 Å². The van der Waals surface area contributed by atoms with E-state index in [4.69, 9.17) is 16.1 Å². The van der Waals surface area contributed by atoms with Crippen molar-refractivity contribution in [3.63, 3.8) is 0 Å². The minimum atomic E-state index is 0.379. The molecule has 0 bridgehead atoms. The van der Waals surface area contributed by atoms with E-state index in [9.17, 15) is 0 Å². The standard InChI is InChI=1S/C13H13BrClN3O/c14-10-3-1-2-9(11(10)15)13-17-12(18-19-13)8-4-6-16-7-5-8/h1-3,8,16H,4-7H2. The van der Waals surface area contributed by atoms with Crippen LogP contribution < -0.4 is 5.32 Å². The highest BCUT2D eigenvalue weighted by Gasteiger charge is 2.22. The maximum atomic E-state index is 6.24. The first-order chi connectivity index (χ1) is 9.25. The molecule has 1 N–H and O–H groups in total. The molecule has 0 saturated carbocycles. The summed E-state index contributed by atoms with van der Waals surface area (Å²) in [6, 6.07) is 5.67. The first-order valence-electron chi connectivity index (χ1n) is 6.24. The van der Waals surface area contributed by atoms with Crippen LogP contribution in [0.1, 0.15) is 24.6 Å². The number of hydrogen-bond donors (Lipinski definition) is 1. The van der Waals surface area contributed by atoms with Crippen LogP contribution in [0.4, 0.5) is 0 Å². The van der Waals surface area contributed by atoms with Gasteiger partial charge in [0.25, 0.3) is 5.89 Å². The van der Waals surface area contributed by atoms with Crippen molar-refractivity contribution in [1.29, 1.82) is 0 Å². The van der Waals surface area contributed by atoms with Gasteiger partial charge in [-0.05, 0) is 54.0 Å². The van der Waals surface area contributed by atoms with Gasteiger partial charge in [0.15, 0.2) is 5.82 Å². The lowest BCUT2D eigenvalue weighted by atomic mass is 9.98. The molecule has 6 heteroatoms. The lowest BCUT2D eigenvalue weighted by molar-refractivity contribution is 0.392. The highest BCUT2D eigenvalue weighted by molar-refractivity contribution is 9.10. The summed E-state index contributed by atoms with van der Waals surface area (Å²) >= 11 is 9.63. The summed E-state index contributed by atoms with van der Waals surface area (Å²) in [7, 11) is 0. The molecule has 2 aromatic rings. The molecule has 100 valence electrons. The average Bonchev–Trinajstić information content (AvgIpc) is 2.92. The molecule has 4 nitrogen and oxygen atoms in total. The van der Waals surface area contributed by atoms with Crippen LogP contribution in [0.15, 0.2) is 27.2 Å². The van der Waals surface area contributed by atoms with Crippen LogP contribution in [0, 0.1) is 0 Å². The summed E-state index contributed by atoms with van der Waals surface area (Å²) in [4.78, 5) is 4.50. The van der Waals surface area contributed by atoms with Gasteiger partial charge >= 0.3 is 0 Å². The predicted octanol–water partition coefficient (Wildman–Crippen LogP) is 3.62. The van der Waals surface area contributed by atoms with Crippen LogP contribution in [0.5, 0.6) is 0 Å². The van der Waals surface area contributed by atoms with Gasteiger partial charge in [0.1, 0.15) is 0 Å². The highest BCUT2D eigenvalue weighted by Crippen LogP contribution is 2.33. The molecular weight excluding hydrogens is 330 g/mol. The fourth-order valence-corrected chi connectivity index (χ4v) is 2.83. The molecule has 0 spiro atoms. The summed E-state index contributed by atoms with van der Waals surface area (Å²) in [5, 5.41) is 8.03. The third-order valence-corrected chi connectivity index (χ3v) is 4.62. The number of nitrogens with one attached hydrogen (secondary N) is 1. The fraction of sp³-hybridized carbons (Fsp3) is 0.385. The normalized spacial score (nSPS) is 16.7. The zero-order chi connectivity index (χ0) is 13.2. The molecule has 0 aliphatic carbocycles. The van der Waals surface area contributed by atoms with E-state index in [1.165, 1.54) is 0 Å². The Balaban J connectivity index is 1.90. The fourth-order valence-electron chi connectivity index (χ4n) is 2.26. The van der Waals surface area contributed by atoms with E-state index in [2.05, 4.69) is 31.4 Å². The zero-order valence-corrected chi connectivity index (χ0v) is 12.5. The summed E-state index contributed by atoms with van der Waals surface area (Å²) in [5.41, 5.74) is 0.767. The molecule has 0 radical (unpaired) electrons. The van der Waals surface area contributed by atoms with Gasteiger partial charge in [0.05, 0.1) is 10.6 Å². The molecule has 1 aromatic heterocycles. The average molecular weight is 343 g/mol. The van der Waals surface area contributed by atoms with Crippen LogP contribution in [0.2, 0.25) is 5.02 Å². The van der Waals surface area contributed by atoms with Gasteiger partial charge in [-0.3, -0.25) is 0 Å². The molecule has 1 saturated heterocycles. The van der Waals surface area contributed by atoms with Crippen molar-refractivity contribution >= 4 is 27.5 Å². The van der Waals surface area contributed by atoms with E-state index in [0.717, 1.165) is 41.8 Å². The van der Waals surface area contributed by atoms with Gasteiger partial charge in [-0.1, -0.05) is 22.8 Å². The van der Waals surface area contributed by atoms with Crippen molar-refractivity contribution in [3.05, 3.63) is 33.5 Å². The second-order valence-corrected chi connectivity index (χ2v) is 5.82. The summed E-state index contributed by atoms with van der Waals surface area (Å²) in [6.45, 7) is 2.01. The van der Waals surface area contributed by atoms with Crippen molar-refractivity contribution in [2.24, 2.45) is 0 Å². The van der Waals surface area contributed by atoms with E-state index < -0.39 is 0 Å². The molecular formula is C13H13BrClN3O. The summed E-state index contributed by atoms with van der Waals surface area (Å²) < 4.78 is 6.18. The molecule has 1 aromatic carbocycles. The van der Waals surface area contributed by atoms with E-state index in [-0.39, 0.29) is 0 Å². The van der Waals surface area contributed by atoms with Gasteiger partial charge in [0, 0.05) is 10.4 Å². The third-order valence-electron chi connectivity index (χ3n) is 3.33. The van der Waals surface area contributed by atoms with E-state index in [1.807, 2.05) is 18.2 Å². The van der Waals surface area contributed by atoms with Crippen LogP contribution in [0.3, 0.4) is 0 Å². The van der Waals surface area contributed by atoms with E-state index in [1.54, 1.807) is 0 Å². The molecule has 0 amide bonds. The van der Waals surface area contributed by atoms with Crippen LogP contribution in [-0.4, -0.2) is 23.2 Å². The number of aromatic nitrogens is 2. The quantitative estimate of drug-likeness (QED) is 0.905. The Kier molecular flexibility index (Phi) is 3.86. The maximum Gasteiger partial charge on any atom is 0.259 e. The minimum Gasteiger partial charge on any atom is -0.334 e. The Bertz CT molecular complexity index is 581. The van der Waals surface area contributed by atoms with Crippen molar-refractivity contribution in [2.75, 3.05) is 13.1 Å².